The zero-order valence-electron chi connectivity index (χ0n) is 17.2. The molecule has 3 rings (SSSR count). The van der Waals surface area contributed by atoms with Crippen molar-refractivity contribution in [2.45, 2.75) is 31.6 Å². The summed E-state index contributed by atoms with van der Waals surface area (Å²) in [6.07, 6.45) is 0. The minimum absolute atomic E-state index is 0.0676. The van der Waals surface area contributed by atoms with Gasteiger partial charge in [-0.2, -0.15) is 0 Å². The van der Waals surface area contributed by atoms with Crippen molar-refractivity contribution < 1.29 is 9.59 Å². The van der Waals surface area contributed by atoms with Crippen LogP contribution in [0.4, 0.5) is 5.69 Å². The Hall–Kier alpha value is -2.26. The van der Waals surface area contributed by atoms with Gasteiger partial charge in [0.25, 0.3) is 5.91 Å². The molecule has 0 bridgehead atoms. The number of nitrogens with zero attached hydrogens (tertiary/aromatic N) is 3. The number of carbonyl (C=O) groups is 2. The fourth-order valence-electron chi connectivity index (χ4n) is 2.93. The van der Waals surface area contributed by atoms with E-state index in [0.29, 0.717) is 33.8 Å². The molecule has 7 nitrogen and oxygen atoms in total. The third-order valence-corrected chi connectivity index (χ3v) is 6.22. The van der Waals surface area contributed by atoms with Crippen LogP contribution in [0.1, 0.15) is 36.1 Å². The summed E-state index contributed by atoms with van der Waals surface area (Å²) in [5.41, 5.74) is 0.867. The highest BCUT2D eigenvalue weighted by Crippen LogP contribution is 2.34. The van der Waals surface area contributed by atoms with Gasteiger partial charge in [0.2, 0.25) is 5.91 Å². The molecule has 11 heteroatoms. The number of thioether (sulfide) groups is 1. The van der Waals surface area contributed by atoms with Crippen molar-refractivity contribution in [3.8, 4) is 0 Å². The number of halogens is 3. The molecule has 0 saturated carbocycles. The van der Waals surface area contributed by atoms with Gasteiger partial charge in [-0.25, -0.2) is 0 Å². The van der Waals surface area contributed by atoms with E-state index in [2.05, 4.69) is 20.8 Å². The monoisotopic (exact) mass is 511 g/mol. The molecule has 2 amide bonds. The molecule has 0 unspecified atom stereocenters. The minimum atomic E-state index is -0.370. The van der Waals surface area contributed by atoms with Crippen molar-refractivity contribution in [2.75, 3.05) is 11.1 Å². The predicted octanol–water partition coefficient (Wildman–Crippen LogP) is 5.48. The maximum Gasteiger partial charge on any atom is 0.251 e. The molecule has 0 radical (unpaired) electrons. The molecule has 0 spiro atoms. The Balaban J connectivity index is 1.64. The first kappa shape index (κ1) is 24.4. The smallest absolute Gasteiger partial charge is 0.251 e. The molecule has 3 aromatic rings. The number of amides is 2. The van der Waals surface area contributed by atoms with Crippen LogP contribution in [-0.4, -0.2) is 32.3 Å². The highest BCUT2D eigenvalue weighted by molar-refractivity contribution is 7.99. The number of nitrogens with one attached hydrogen (secondary N) is 2. The van der Waals surface area contributed by atoms with E-state index in [-0.39, 0.29) is 33.7 Å². The van der Waals surface area contributed by atoms with Gasteiger partial charge in [-0.05, 0) is 38.1 Å². The van der Waals surface area contributed by atoms with Crippen LogP contribution in [0.15, 0.2) is 47.6 Å². The van der Waals surface area contributed by atoms with Crippen LogP contribution in [0.25, 0.3) is 0 Å². The number of aromatic nitrogens is 3. The largest absolute Gasteiger partial charge is 0.342 e. The van der Waals surface area contributed by atoms with E-state index in [1.807, 2.05) is 24.5 Å². The van der Waals surface area contributed by atoms with Crippen LogP contribution < -0.4 is 10.6 Å². The van der Waals surface area contributed by atoms with Crippen molar-refractivity contribution in [3.05, 3.63) is 68.9 Å². The van der Waals surface area contributed by atoms with Gasteiger partial charge in [0, 0.05) is 17.1 Å². The van der Waals surface area contributed by atoms with Gasteiger partial charge in [0.1, 0.15) is 0 Å². The summed E-state index contributed by atoms with van der Waals surface area (Å²) in [5, 5.41) is 15.5. The lowest BCUT2D eigenvalue weighted by Crippen LogP contribution is -2.28. The second-order valence-electron chi connectivity index (χ2n) is 6.73. The first-order valence-corrected chi connectivity index (χ1v) is 11.8. The molecular weight excluding hydrogens is 493 g/mol. The maximum atomic E-state index is 12.4. The molecule has 0 fully saturated rings. The molecule has 0 aliphatic carbocycles. The molecule has 1 heterocycles. The normalized spacial score (nSPS) is 11.8. The van der Waals surface area contributed by atoms with E-state index in [4.69, 9.17) is 34.8 Å². The van der Waals surface area contributed by atoms with Crippen LogP contribution in [0.2, 0.25) is 15.1 Å². The van der Waals surface area contributed by atoms with Gasteiger partial charge >= 0.3 is 0 Å². The van der Waals surface area contributed by atoms with E-state index in [1.165, 1.54) is 23.9 Å². The van der Waals surface area contributed by atoms with Gasteiger partial charge < -0.3 is 15.2 Å². The van der Waals surface area contributed by atoms with Crippen LogP contribution in [0.3, 0.4) is 0 Å². The molecule has 1 aromatic heterocycles. The summed E-state index contributed by atoms with van der Waals surface area (Å²) in [5.74, 6) is 0.161. The van der Waals surface area contributed by atoms with E-state index >= 15 is 0 Å². The van der Waals surface area contributed by atoms with Crippen LogP contribution in [0.5, 0.6) is 0 Å². The molecular formula is C21H20Cl3N5O2S. The van der Waals surface area contributed by atoms with Gasteiger partial charge in [-0.3, -0.25) is 9.59 Å². The molecule has 1 atom stereocenters. The van der Waals surface area contributed by atoms with Crippen molar-refractivity contribution in [3.63, 3.8) is 0 Å². The average Bonchev–Trinajstić information content (AvgIpc) is 3.18. The standard InChI is InChI=1S/C21H20Cl3N5O2S/c1-3-29-19(12(2)25-20(31)13-7-5-4-6-8-13)27-28-21(29)32-11-17(30)26-18-15(23)9-14(22)10-16(18)24/h4-10,12H,3,11H2,1-2H3,(H,25,31)(H,26,30)/t12-/m0/s1. The topological polar surface area (TPSA) is 88.9 Å². The second kappa shape index (κ2) is 11.0. The van der Waals surface area contributed by atoms with Gasteiger partial charge in [-0.1, -0.05) is 64.8 Å². The van der Waals surface area contributed by atoms with Gasteiger partial charge in [0.05, 0.1) is 27.5 Å². The molecule has 0 aliphatic rings. The molecule has 2 N–H and O–H groups in total. The highest BCUT2D eigenvalue weighted by Gasteiger charge is 2.20. The van der Waals surface area contributed by atoms with E-state index in [0.717, 1.165) is 0 Å². The Morgan fingerprint density at radius 2 is 1.75 bits per heavy atom. The van der Waals surface area contributed by atoms with E-state index in [1.54, 1.807) is 24.3 Å². The summed E-state index contributed by atoms with van der Waals surface area (Å²) in [7, 11) is 0. The number of hydrogen-bond acceptors (Lipinski definition) is 5. The lowest BCUT2D eigenvalue weighted by Gasteiger charge is -2.15. The van der Waals surface area contributed by atoms with Crippen LogP contribution in [0, 0.1) is 0 Å². The summed E-state index contributed by atoms with van der Waals surface area (Å²) < 4.78 is 1.86. The Kier molecular flexibility index (Phi) is 8.42. The number of anilines is 1. The van der Waals surface area contributed by atoms with E-state index < -0.39 is 0 Å². The molecule has 2 aromatic carbocycles. The summed E-state index contributed by atoms with van der Waals surface area (Å²) >= 11 is 19.3. The van der Waals surface area contributed by atoms with Crippen molar-refractivity contribution in [2.24, 2.45) is 0 Å². The molecule has 32 heavy (non-hydrogen) atoms. The zero-order valence-corrected chi connectivity index (χ0v) is 20.3. The van der Waals surface area contributed by atoms with Gasteiger partial charge in [-0.15, -0.1) is 10.2 Å². The Morgan fingerprint density at radius 1 is 1.09 bits per heavy atom. The van der Waals surface area contributed by atoms with Crippen molar-refractivity contribution in [1.29, 1.82) is 0 Å². The SMILES string of the molecule is CCn1c(SCC(=O)Nc2c(Cl)cc(Cl)cc2Cl)nnc1[C@H](C)NC(=O)c1ccccc1. The zero-order chi connectivity index (χ0) is 23.3. The fourth-order valence-corrected chi connectivity index (χ4v) is 4.65. The molecule has 168 valence electrons. The summed E-state index contributed by atoms with van der Waals surface area (Å²) in [4.78, 5) is 24.9. The first-order valence-electron chi connectivity index (χ1n) is 9.66. The molecule has 0 aliphatic heterocycles. The average molecular weight is 513 g/mol. The number of benzene rings is 2. The molecule has 0 saturated heterocycles. The minimum Gasteiger partial charge on any atom is -0.342 e. The quantitative estimate of drug-likeness (QED) is 0.390. The first-order chi connectivity index (χ1) is 15.3. The lowest BCUT2D eigenvalue weighted by atomic mass is 10.2. The maximum absolute atomic E-state index is 12.4. The Bertz CT molecular complexity index is 1100. The Labute approximate surface area is 204 Å². The van der Waals surface area contributed by atoms with Gasteiger partial charge in [0.15, 0.2) is 11.0 Å². The third kappa shape index (κ3) is 5.95. The van der Waals surface area contributed by atoms with Crippen LogP contribution in [-0.2, 0) is 11.3 Å². The summed E-state index contributed by atoms with van der Waals surface area (Å²) in [6.45, 7) is 4.35. The van der Waals surface area contributed by atoms with E-state index in [9.17, 15) is 9.59 Å². The van der Waals surface area contributed by atoms with Crippen molar-refractivity contribution in [1.82, 2.24) is 20.1 Å². The number of carbonyl (C=O) groups excluding carboxylic acids is 2. The second-order valence-corrected chi connectivity index (χ2v) is 8.92. The van der Waals surface area contributed by atoms with Crippen molar-refractivity contribution >= 4 is 64.1 Å². The van der Waals surface area contributed by atoms with Crippen LogP contribution >= 0.6 is 46.6 Å². The third-order valence-electron chi connectivity index (χ3n) is 4.44. The fraction of sp³-hybridized carbons (Fsp3) is 0.238. The predicted molar refractivity (Wildman–Crippen MR) is 129 cm³/mol. The summed E-state index contributed by atoms with van der Waals surface area (Å²) in [6, 6.07) is 11.6. The number of rotatable bonds is 8. The highest BCUT2D eigenvalue weighted by atomic mass is 35.5. The lowest BCUT2D eigenvalue weighted by molar-refractivity contribution is -0.113. The Morgan fingerprint density at radius 3 is 2.38 bits per heavy atom. The number of hydrogen-bond donors (Lipinski definition) is 2.